The van der Waals surface area contributed by atoms with Crippen LogP contribution in [0.4, 0.5) is 0 Å². The van der Waals surface area contributed by atoms with Crippen molar-refractivity contribution in [3.63, 3.8) is 0 Å². The number of nitrogens with one attached hydrogen (secondary N) is 2. The summed E-state index contributed by atoms with van der Waals surface area (Å²) >= 11 is 0. The van der Waals surface area contributed by atoms with Crippen molar-refractivity contribution in [1.29, 1.82) is 0 Å². The molecule has 1 saturated heterocycles. The molecule has 3 atom stereocenters. The first kappa shape index (κ1) is 13.6. The predicted octanol–water partition coefficient (Wildman–Crippen LogP) is 1.87. The summed E-state index contributed by atoms with van der Waals surface area (Å²) < 4.78 is 0. The summed E-state index contributed by atoms with van der Waals surface area (Å²) in [4.78, 5) is 9.95. The standard InChI is InChI=1S/C14H26N4/c1-11-6-12(2)9-18(8-11)10-13(3)17-7-14-15-4-5-16-14/h4-5,11-13,17H,6-10H2,1-3H3,(H,15,16)/t11-,12+,13-/m1/s1. The van der Waals surface area contributed by atoms with Crippen molar-refractivity contribution in [1.82, 2.24) is 20.2 Å². The Morgan fingerprint density at radius 3 is 2.78 bits per heavy atom. The summed E-state index contributed by atoms with van der Waals surface area (Å²) in [5.74, 6) is 2.69. The van der Waals surface area contributed by atoms with E-state index in [-0.39, 0.29) is 0 Å². The van der Waals surface area contributed by atoms with Gasteiger partial charge in [0.15, 0.2) is 0 Å². The van der Waals surface area contributed by atoms with Crippen LogP contribution in [0.5, 0.6) is 0 Å². The Balaban J connectivity index is 1.71. The molecule has 1 aromatic heterocycles. The topological polar surface area (TPSA) is 44.0 Å². The van der Waals surface area contributed by atoms with Crippen molar-refractivity contribution in [2.24, 2.45) is 11.8 Å². The van der Waals surface area contributed by atoms with Gasteiger partial charge in [-0.15, -0.1) is 0 Å². The van der Waals surface area contributed by atoms with E-state index in [0.29, 0.717) is 6.04 Å². The van der Waals surface area contributed by atoms with Crippen LogP contribution in [0.3, 0.4) is 0 Å². The molecule has 1 aromatic rings. The SMILES string of the molecule is C[C@@H]1C[C@H](C)CN(C[C@@H](C)NCc2ncc[nH]2)C1. The monoisotopic (exact) mass is 250 g/mol. The third-order valence-corrected chi connectivity index (χ3v) is 3.65. The van der Waals surface area contributed by atoms with Crippen LogP contribution in [0.2, 0.25) is 0 Å². The Kier molecular flexibility index (Phi) is 4.78. The highest BCUT2D eigenvalue weighted by molar-refractivity contribution is 4.87. The van der Waals surface area contributed by atoms with Gasteiger partial charge in [-0.2, -0.15) is 0 Å². The molecule has 0 bridgehead atoms. The van der Waals surface area contributed by atoms with Crippen LogP contribution < -0.4 is 5.32 Å². The summed E-state index contributed by atoms with van der Waals surface area (Å²) in [7, 11) is 0. The van der Waals surface area contributed by atoms with Gasteiger partial charge in [-0.25, -0.2) is 4.98 Å². The molecule has 0 unspecified atom stereocenters. The molecule has 0 saturated carbocycles. The summed E-state index contributed by atoms with van der Waals surface area (Å²) in [6, 6.07) is 0.507. The Labute approximate surface area is 110 Å². The Morgan fingerprint density at radius 1 is 1.44 bits per heavy atom. The lowest BCUT2D eigenvalue weighted by Gasteiger charge is -2.36. The number of imidazole rings is 1. The number of aromatic nitrogens is 2. The number of rotatable bonds is 5. The third-order valence-electron chi connectivity index (χ3n) is 3.65. The molecule has 0 spiro atoms. The highest BCUT2D eigenvalue weighted by Crippen LogP contribution is 2.20. The van der Waals surface area contributed by atoms with Crippen molar-refractivity contribution in [3.8, 4) is 0 Å². The minimum Gasteiger partial charge on any atom is -0.348 e. The maximum absolute atomic E-state index is 4.23. The van der Waals surface area contributed by atoms with Crippen LogP contribution >= 0.6 is 0 Å². The van der Waals surface area contributed by atoms with E-state index in [4.69, 9.17) is 0 Å². The number of hydrogen-bond donors (Lipinski definition) is 2. The quantitative estimate of drug-likeness (QED) is 0.838. The second kappa shape index (κ2) is 6.34. The lowest BCUT2D eigenvalue weighted by molar-refractivity contribution is 0.130. The van der Waals surface area contributed by atoms with Crippen LogP contribution in [0.25, 0.3) is 0 Å². The number of hydrogen-bond acceptors (Lipinski definition) is 3. The van der Waals surface area contributed by atoms with Crippen LogP contribution in [-0.2, 0) is 6.54 Å². The molecule has 1 aliphatic heterocycles. The highest BCUT2D eigenvalue weighted by Gasteiger charge is 2.22. The fraction of sp³-hybridized carbons (Fsp3) is 0.786. The van der Waals surface area contributed by atoms with Gasteiger partial charge in [-0.1, -0.05) is 13.8 Å². The van der Waals surface area contributed by atoms with Gasteiger partial charge in [0, 0.05) is 38.1 Å². The van der Waals surface area contributed by atoms with Gasteiger partial charge in [0.25, 0.3) is 0 Å². The second-order valence-corrected chi connectivity index (χ2v) is 5.98. The largest absolute Gasteiger partial charge is 0.348 e. The fourth-order valence-corrected chi connectivity index (χ4v) is 3.06. The van der Waals surface area contributed by atoms with Crippen molar-refractivity contribution in [3.05, 3.63) is 18.2 Å². The first-order chi connectivity index (χ1) is 8.63. The Hall–Kier alpha value is -0.870. The zero-order valence-electron chi connectivity index (χ0n) is 11.8. The molecule has 2 N–H and O–H groups in total. The summed E-state index contributed by atoms with van der Waals surface area (Å²) in [5.41, 5.74) is 0. The van der Waals surface area contributed by atoms with E-state index in [1.807, 2.05) is 6.20 Å². The molecule has 0 aromatic carbocycles. The van der Waals surface area contributed by atoms with E-state index >= 15 is 0 Å². The number of likely N-dealkylation sites (tertiary alicyclic amines) is 1. The molecule has 4 heteroatoms. The molecule has 1 aliphatic rings. The lowest BCUT2D eigenvalue weighted by Crippen LogP contribution is -2.45. The number of aromatic amines is 1. The zero-order valence-corrected chi connectivity index (χ0v) is 11.8. The van der Waals surface area contributed by atoms with Crippen LogP contribution in [-0.4, -0.2) is 40.5 Å². The van der Waals surface area contributed by atoms with Crippen LogP contribution in [0.15, 0.2) is 12.4 Å². The molecule has 2 heterocycles. The maximum Gasteiger partial charge on any atom is 0.120 e. The number of piperidine rings is 1. The molecule has 0 radical (unpaired) electrons. The Morgan fingerprint density at radius 2 is 2.17 bits per heavy atom. The van der Waals surface area contributed by atoms with Crippen molar-refractivity contribution in [2.45, 2.75) is 39.8 Å². The van der Waals surface area contributed by atoms with E-state index in [2.05, 4.69) is 41.0 Å². The van der Waals surface area contributed by atoms with Crippen molar-refractivity contribution in [2.75, 3.05) is 19.6 Å². The zero-order chi connectivity index (χ0) is 13.0. The molecular formula is C14H26N4. The van der Waals surface area contributed by atoms with Crippen molar-refractivity contribution < 1.29 is 0 Å². The lowest BCUT2D eigenvalue weighted by atomic mass is 9.92. The van der Waals surface area contributed by atoms with Crippen LogP contribution in [0, 0.1) is 11.8 Å². The highest BCUT2D eigenvalue weighted by atomic mass is 15.2. The summed E-state index contributed by atoms with van der Waals surface area (Å²) in [6.45, 7) is 11.4. The minimum absolute atomic E-state index is 0.507. The summed E-state index contributed by atoms with van der Waals surface area (Å²) in [5, 5.41) is 3.53. The van der Waals surface area contributed by atoms with Crippen molar-refractivity contribution >= 4 is 0 Å². The van der Waals surface area contributed by atoms with Crippen LogP contribution in [0.1, 0.15) is 33.0 Å². The molecule has 4 nitrogen and oxygen atoms in total. The molecule has 1 fully saturated rings. The van der Waals surface area contributed by atoms with Gasteiger partial charge < -0.3 is 15.2 Å². The smallest absolute Gasteiger partial charge is 0.120 e. The molecular weight excluding hydrogens is 224 g/mol. The molecule has 0 aliphatic carbocycles. The third kappa shape index (κ3) is 4.10. The van der Waals surface area contributed by atoms with E-state index in [9.17, 15) is 0 Å². The number of H-pyrrole nitrogens is 1. The molecule has 0 amide bonds. The first-order valence-electron chi connectivity index (χ1n) is 7.07. The minimum atomic E-state index is 0.507. The van der Waals surface area contributed by atoms with Gasteiger partial charge in [0.05, 0.1) is 6.54 Å². The number of nitrogens with zero attached hydrogens (tertiary/aromatic N) is 2. The fourth-order valence-electron chi connectivity index (χ4n) is 3.06. The predicted molar refractivity (Wildman–Crippen MR) is 74.3 cm³/mol. The maximum atomic E-state index is 4.23. The van der Waals surface area contributed by atoms with E-state index in [1.165, 1.54) is 19.5 Å². The molecule has 102 valence electrons. The van der Waals surface area contributed by atoms with E-state index in [1.54, 1.807) is 6.20 Å². The molecule has 18 heavy (non-hydrogen) atoms. The molecule has 2 rings (SSSR count). The van der Waals surface area contributed by atoms with Gasteiger partial charge in [0.1, 0.15) is 5.82 Å². The van der Waals surface area contributed by atoms with Gasteiger partial charge >= 0.3 is 0 Å². The average molecular weight is 250 g/mol. The van der Waals surface area contributed by atoms with Gasteiger partial charge in [-0.05, 0) is 25.2 Å². The second-order valence-electron chi connectivity index (χ2n) is 5.98. The van der Waals surface area contributed by atoms with E-state index < -0.39 is 0 Å². The average Bonchev–Trinajstić information content (AvgIpc) is 2.77. The van der Waals surface area contributed by atoms with Gasteiger partial charge in [-0.3, -0.25) is 0 Å². The normalized spacial score (nSPS) is 27.3. The Bertz CT molecular complexity index is 326. The van der Waals surface area contributed by atoms with Gasteiger partial charge in [0.2, 0.25) is 0 Å². The summed E-state index contributed by atoms with van der Waals surface area (Å²) in [6.07, 6.45) is 5.05. The first-order valence-corrected chi connectivity index (χ1v) is 7.07. The van der Waals surface area contributed by atoms with E-state index in [0.717, 1.165) is 30.7 Å².